The molecule has 0 N–H and O–H groups in total. The molecule has 2 atom stereocenters. The van der Waals surface area contributed by atoms with E-state index in [2.05, 4.69) is 134 Å². The van der Waals surface area contributed by atoms with Gasteiger partial charge >= 0.3 is 0 Å². The number of hydrogen-bond donors (Lipinski definition) is 0. The van der Waals surface area contributed by atoms with Crippen LogP contribution in [0.4, 0.5) is 0 Å². The summed E-state index contributed by atoms with van der Waals surface area (Å²) in [4.78, 5) is 10.2. The number of ether oxygens (including phenoxy) is 1. The summed E-state index contributed by atoms with van der Waals surface area (Å²) in [5.41, 5.74) is 14.4. The summed E-state index contributed by atoms with van der Waals surface area (Å²) in [6.45, 7) is 0. The maximum atomic E-state index is 6.00. The van der Waals surface area contributed by atoms with Crippen LogP contribution >= 0.6 is 0 Å². The third kappa shape index (κ3) is 5.05. The number of nitrogens with zero attached hydrogens (tertiary/aromatic N) is 2. The third-order valence-electron chi connectivity index (χ3n) is 11.3. The number of allylic oxidation sites excluding steroid dienone is 14. The summed E-state index contributed by atoms with van der Waals surface area (Å²) < 4.78 is 11.8. The molecule has 0 radical (unpaired) electrons. The zero-order valence-electron chi connectivity index (χ0n) is 29.0. The van der Waals surface area contributed by atoms with Crippen LogP contribution in [0.1, 0.15) is 30.4 Å². The number of aromatic nitrogens is 2. The van der Waals surface area contributed by atoms with Crippen LogP contribution in [0.2, 0.25) is 0 Å². The van der Waals surface area contributed by atoms with E-state index in [9.17, 15) is 0 Å². The predicted octanol–water partition coefficient (Wildman–Crippen LogP) is 10.5. The number of rotatable bonds is 4. The van der Waals surface area contributed by atoms with Crippen LogP contribution in [-0.4, -0.2) is 9.97 Å². The lowest BCUT2D eigenvalue weighted by atomic mass is 9.78. The summed E-state index contributed by atoms with van der Waals surface area (Å²) in [5, 5.41) is 4.69. The van der Waals surface area contributed by atoms with Gasteiger partial charge in [0.1, 0.15) is 5.42 Å². The van der Waals surface area contributed by atoms with Crippen molar-refractivity contribution >= 4 is 56.4 Å². The smallest absolute Gasteiger partial charge is 0.179 e. The van der Waals surface area contributed by atoms with Crippen LogP contribution in [0.15, 0.2) is 167 Å². The lowest BCUT2D eigenvalue weighted by Gasteiger charge is -2.27. The van der Waals surface area contributed by atoms with E-state index in [4.69, 9.17) is 19.1 Å². The highest BCUT2D eigenvalue weighted by Crippen LogP contribution is 2.40. The molecule has 0 saturated carbocycles. The topological polar surface area (TPSA) is 48.2 Å². The molecule has 2 aromatic heterocycles. The van der Waals surface area contributed by atoms with Crippen molar-refractivity contribution < 1.29 is 9.15 Å². The lowest BCUT2D eigenvalue weighted by Crippen LogP contribution is -2.12. The Balaban J connectivity index is 0.824. The molecule has 252 valence electrons. The first-order chi connectivity index (χ1) is 26.2. The first-order valence-corrected chi connectivity index (χ1v) is 18.5. The van der Waals surface area contributed by atoms with Crippen molar-refractivity contribution in [1.82, 2.24) is 9.97 Å². The summed E-state index contributed by atoms with van der Waals surface area (Å²) in [6, 6.07) is 25.8. The highest BCUT2D eigenvalue weighted by Gasteiger charge is 2.24. The average molecular weight is 683 g/mol. The molecule has 5 aliphatic rings. The Morgan fingerprint density at radius 3 is 2.28 bits per heavy atom. The molecule has 6 aromatic rings. The molecule has 0 bridgehead atoms. The van der Waals surface area contributed by atoms with E-state index in [1.54, 1.807) is 6.26 Å². The minimum Gasteiger partial charge on any atom is -0.460 e. The van der Waals surface area contributed by atoms with Crippen molar-refractivity contribution in [3.63, 3.8) is 0 Å². The second kappa shape index (κ2) is 12.0. The van der Waals surface area contributed by atoms with E-state index in [0.717, 1.165) is 74.5 Å². The van der Waals surface area contributed by atoms with Crippen molar-refractivity contribution in [1.29, 1.82) is 0 Å². The quantitative estimate of drug-likeness (QED) is 0.174. The molecule has 4 aliphatic carbocycles. The summed E-state index contributed by atoms with van der Waals surface area (Å²) in [6.07, 6.45) is 33.7. The molecular weight excluding hydrogens is 649 g/mol. The molecule has 4 nitrogen and oxygen atoms in total. The number of hydrogen-bond acceptors (Lipinski definition) is 4. The van der Waals surface area contributed by atoms with Crippen molar-refractivity contribution in [2.75, 3.05) is 0 Å². The average Bonchev–Trinajstić information content (AvgIpc) is 3.61. The number of furan rings is 1. The molecule has 0 amide bonds. The van der Waals surface area contributed by atoms with Gasteiger partial charge in [0.2, 0.25) is 0 Å². The van der Waals surface area contributed by atoms with Crippen molar-refractivity contribution in [3.8, 4) is 17.0 Å². The van der Waals surface area contributed by atoms with Crippen LogP contribution in [0, 0.1) is 11.8 Å². The molecule has 0 fully saturated rings. The fourth-order valence-corrected chi connectivity index (χ4v) is 8.58. The maximum absolute atomic E-state index is 6.00. The maximum Gasteiger partial charge on any atom is 0.179 e. The Kier molecular flexibility index (Phi) is 6.84. The van der Waals surface area contributed by atoms with Gasteiger partial charge in [-0.1, -0.05) is 115 Å². The Labute approximate surface area is 306 Å². The van der Waals surface area contributed by atoms with Crippen molar-refractivity contribution in [3.05, 3.63) is 184 Å². The first kappa shape index (κ1) is 30.1. The van der Waals surface area contributed by atoms with Crippen LogP contribution in [0.25, 0.3) is 67.6 Å². The highest BCUT2D eigenvalue weighted by atomic mass is 16.5. The van der Waals surface area contributed by atoms with Gasteiger partial charge in [-0.15, -0.1) is 0 Å². The molecule has 11 rings (SSSR count). The molecule has 4 heteroatoms. The van der Waals surface area contributed by atoms with E-state index < -0.39 is 0 Å². The Bertz CT molecular complexity index is 2920. The van der Waals surface area contributed by atoms with Crippen LogP contribution in [0.5, 0.6) is 5.75 Å². The van der Waals surface area contributed by atoms with Gasteiger partial charge in [-0.25, -0.2) is 4.98 Å². The van der Waals surface area contributed by atoms with Crippen LogP contribution in [0.3, 0.4) is 0 Å². The fraction of sp³-hybridized carbons (Fsp3) is 0.102. The zero-order valence-corrected chi connectivity index (χ0v) is 29.0. The molecule has 2 unspecified atom stereocenters. The molecule has 53 heavy (non-hydrogen) atoms. The molecule has 0 saturated heterocycles. The largest absolute Gasteiger partial charge is 0.460 e. The van der Waals surface area contributed by atoms with Crippen LogP contribution in [-0.2, 0) is 0 Å². The standard InChI is InChI=1S/C49H34N2O2/c1-3-11-41-39(9-1)40-10-2-4-12-42(40)48-47(41)50-29-44(51-48)38-8-5-7-32(27-38)34-20-21-35-25-33(18-19-36(35)26-34)30-14-16-31(17-15-30)37-22-23-45-43(28-37)49-46(53-45)13-6-24-52-49/h1-14,16-20,23-30,35H,15,21-22H2. The molecular formula is C49H34N2O2. The third-order valence-corrected chi connectivity index (χ3v) is 11.3. The van der Waals surface area contributed by atoms with Gasteiger partial charge in [0.15, 0.2) is 11.2 Å². The van der Waals surface area contributed by atoms with E-state index >= 15 is 0 Å². The second-order valence-corrected chi connectivity index (χ2v) is 14.4. The van der Waals surface area contributed by atoms with Gasteiger partial charge in [0.05, 0.1) is 34.7 Å². The fourth-order valence-electron chi connectivity index (χ4n) is 8.58. The Morgan fingerprint density at radius 2 is 1.43 bits per heavy atom. The minimum absolute atomic E-state index is 0.380. The summed E-state index contributed by atoms with van der Waals surface area (Å²) in [5.74, 6) is 1.59. The van der Waals surface area contributed by atoms with Crippen LogP contribution < -0.4 is 15.6 Å². The van der Waals surface area contributed by atoms with E-state index in [0.29, 0.717) is 11.8 Å². The van der Waals surface area contributed by atoms with Gasteiger partial charge in [0.25, 0.3) is 0 Å². The Morgan fingerprint density at radius 1 is 0.660 bits per heavy atom. The molecule has 1 aliphatic heterocycles. The number of fused-ring (bicyclic) bond motifs is 10. The van der Waals surface area contributed by atoms with Gasteiger partial charge < -0.3 is 9.15 Å². The number of benzene rings is 4. The van der Waals surface area contributed by atoms with E-state index in [1.807, 2.05) is 18.3 Å². The molecule has 0 spiro atoms. The zero-order chi connectivity index (χ0) is 34.9. The van der Waals surface area contributed by atoms with Gasteiger partial charge in [0, 0.05) is 28.2 Å². The lowest BCUT2D eigenvalue weighted by molar-refractivity contribution is 0.436. The van der Waals surface area contributed by atoms with Crippen molar-refractivity contribution in [2.24, 2.45) is 11.8 Å². The van der Waals surface area contributed by atoms with Gasteiger partial charge in [-0.3, -0.25) is 4.98 Å². The molecule has 3 heterocycles. The normalized spacial score (nSPS) is 19.9. The first-order valence-electron chi connectivity index (χ1n) is 18.5. The highest BCUT2D eigenvalue weighted by molar-refractivity contribution is 6.23. The predicted molar refractivity (Wildman–Crippen MR) is 216 cm³/mol. The van der Waals surface area contributed by atoms with Gasteiger partial charge in [-0.05, 0) is 93.8 Å². The second-order valence-electron chi connectivity index (χ2n) is 14.4. The minimum atomic E-state index is 0.380. The monoisotopic (exact) mass is 682 g/mol. The Hall–Kier alpha value is -6.52. The summed E-state index contributed by atoms with van der Waals surface area (Å²) >= 11 is 0. The van der Waals surface area contributed by atoms with E-state index in [1.165, 1.54) is 44.2 Å². The molecule has 4 aromatic carbocycles. The van der Waals surface area contributed by atoms with Gasteiger partial charge in [-0.2, -0.15) is 0 Å². The van der Waals surface area contributed by atoms with E-state index in [-0.39, 0.29) is 0 Å². The summed E-state index contributed by atoms with van der Waals surface area (Å²) in [7, 11) is 0. The SMILES string of the molecule is C1=COc2c3c(oc2=C1)=CCC(C1=CCC(C2=CC4CC=C(c5cccc(-c6cnc7c8ccccc8c8ccccc8c7n6)c5)C=C4C=C2)C=C1)=C3. The van der Waals surface area contributed by atoms with Crippen molar-refractivity contribution in [2.45, 2.75) is 19.3 Å².